The van der Waals surface area contributed by atoms with Gasteiger partial charge in [-0.15, -0.1) is 0 Å². The Balaban J connectivity index is 2.46. The van der Waals surface area contributed by atoms with E-state index in [1.54, 1.807) is 24.3 Å². The first-order chi connectivity index (χ1) is 9.34. The van der Waals surface area contributed by atoms with Crippen molar-refractivity contribution in [2.45, 2.75) is 20.0 Å². The molecule has 0 spiro atoms. The molecule has 1 aromatic heterocycles. The van der Waals surface area contributed by atoms with Crippen molar-refractivity contribution in [1.29, 1.82) is 0 Å². The molecule has 1 N–H and O–H groups in total. The molecule has 0 aliphatic heterocycles. The molecule has 108 valence electrons. The lowest BCUT2D eigenvalue weighted by Gasteiger charge is -2.07. The van der Waals surface area contributed by atoms with Gasteiger partial charge in [-0.2, -0.15) is 13.2 Å². The van der Waals surface area contributed by atoms with Crippen molar-refractivity contribution in [3.63, 3.8) is 0 Å². The molecule has 0 saturated carbocycles. The van der Waals surface area contributed by atoms with Gasteiger partial charge in [-0.25, -0.2) is 4.68 Å². The van der Waals surface area contributed by atoms with Gasteiger partial charge in [-0.05, 0) is 38.1 Å². The Morgan fingerprint density at radius 3 is 2.30 bits per heavy atom. The average molecular weight is 302 g/mol. The van der Waals surface area contributed by atoms with Crippen molar-refractivity contribution < 1.29 is 17.9 Å². The van der Waals surface area contributed by atoms with Gasteiger partial charge in [0, 0.05) is 5.56 Å². The minimum Gasteiger partial charge on any atom is -0.494 e. The van der Waals surface area contributed by atoms with Crippen molar-refractivity contribution >= 4 is 12.2 Å². The molecule has 2 rings (SSSR count). The fraction of sp³-hybridized carbons (Fsp3) is 0.308. The summed E-state index contributed by atoms with van der Waals surface area (Å²) in [4.78, 5) is 0. The molecular formula is C13H13F3N2OS. The zero-order valence-corrected chi connectivity index (χ0v) is 11.7. The van der Waals surface area contributed by atoms with Crippen molar-refractivity contribution in [3.8, 4) is 11.4 Å². The maximum absolute atomic E-state index is 12.8. The molecule has 0 fully saturated rings. The van der Waals surface area contributed by atoms with E-state index in [0.29, 0.717) is 18.0 Å². The molecule has 0 saturated heterocycles. The van der Waals surface area contributed by atoms with Gasteiger partial charge in [0.25, 0.3) is 0 Å². The van der Waals surface area contributed by atoms with Crippen LogP contribution in [0.3, 0.4) is 0 Å². The Labute approximate surface area is 119 Å². The smallest absolute Gasteiger partial charge is 0.433 e. The number of nitrogens with one attached hydrogen (secondary N) is 1. The Bertz CT molecular complexity index is 656. The van der Waals surface area contributed by atoms with Crippen molar-refractivity contribution in [3.05, 3.63) is 40.2 Å². The van der Waals surface area contributed by atoms with E-state index in [2.05, 4.69) is 5.10 Å². The molecule has 0 atom stereocenters. The number of rotatable bonds is 3. The van der Waals surface area contributed by atoms with E-state index < -0.39 is 11.9 Å². The minimum absolute atomic E-state index is 0.0152. The van der Waals surface area contributed by atoms with Crippen molar-refractivity contribution in [1.82, 2.24) is 9.78 Å². The third kappa shape index (κ3) is 2.72. The molecule has 7 heteroatoms. The summed E-state index contributed by atoms with van der Waals surface area (Å²) in [6, 6.07) is 6.67. The van der Waals surface area contributed by atoms with Crippen LogP contribution in [0.4, 0.5) is 13.2 Å². The van der Waals surface area contributed by atoms with E-state index in [4.69, 9.17) is 17.0 Å². The second-order valence-corrected chi connectivity index (χ2v) is 4.56. The second-order valence-electron chi connectivity index (χ2n) is 4.18. The van der Waals surface area contributed by atoms with Gasteiger partial charge < -0.3 is 4.74 Å². The number of hydrogen-bond donors (Lipinski definition) is 1. The minimum atomic E-state index is -4.45. The van der Waals surface area contributed by atoms with Crippen LogP contribution < -0.4 is 4.74 Å². The molecule has 2 aromatic rings. The standard InChI is InChI=1S/C13H13F3N2OS/c1-3-19-10-6-4-9(5-7-10)18-12(20)8(2)11(17-18)13(14,15)16/h4-7,17H,3H2,1-2H3. The van der Waals surface area contributed by atoms with Gasteiger partial charge in [-0.3, -0.25) is 5.10 Å². The lowest BCUT2D eigenvalue weighted by molar-refractivity contribution is -0.141. The predicted octanol–water partition coefficient (Wildman–Crippen LogP) is 4.26. The third-order valence-corrected chi connectivity index (χ3v) is 3.30. The van der Waals surface area contributed by atoms with Crippen LogP contribution in [0.15, 0.2) is 24.3 Å². The molecule has 1 heterocycles. The van der Waals surface area contributed by atoms with Crippen LogP contribution in [0.2, 0.25) is 0 Å². The predicted molar refractivity (Wildman–Crippen MR) is 71.9 cm³/mol. The summed E-state index contributed by atoms with van der Waals surface area (Å²) < 4.78 is 45.1. The first-order valence-corrected chi connectivity index (χ1v) is 6.37. The molecule has 0 aliphatic carbocycles. The molecule has 1 aromatic carbocycles. The van der Waals surface area contributed by atoms with Crippen LogP contribution in [0.5, 0.6) is 5.75 Å². The highest BCUT2D eigenvalue weighted by atomic mass is 32.1. The highest BCUT2D eigenvalue weighted by molar-refractivity contribution is 7.71. The number of benzene rings is 1. The van der Waals surface area contributed by atoms with E-state index in [1.165, 1.54) is 11.6 Å². The molecule has 3 nitrogen and oxygen atoms in total. The van der Waals surface area contributed by atoms with Gasteiger partial charge >= 0.3 is 6.18 Å². The number of hydrogen-bond acceptors (Lipinski definition) is 2. The Morgan fingerprint density at radius 2 is 1.85 bits per heavy atom. The van der Waals surface area contributed by atoms with Gasteiger partial charge in [-0.1, -0.05) is 12.2 Å². The number of aromatic amines is 1. The highest BCUT2D eigenvalue weighted by Gasteiger charge is 2.35. The zero-order chi connectivity index (χ0) is 14.9. The number of nitrogens with zero attached hydrogens (tertiary/aromatic N) is 1. The van der Waals surface area contributed by atoms with Crippen LogP contribution in [0.25, 0.3) is 5.69 Å². The Morgan fingerprint density at radius 1 is 1.25 bits per heavy atom. The van der Waals surface area contributed by atoms with E-state index in [1.807, 2.05) is 6.92 Å². The molecule has 0 radical (unpaired) electrons. The molecule has 0 amide bonds. The fourth-order valence-electron chi connectivity index (χ4n) is 1.84. The SMILES string of the molecule is CCOc1ccc(-n2[nH]c(C(F)(F)F)c(C)c2=S)cc1. The zero-order valence-electron chi connectivity index (χ0n) is 10.9. The molecule has 0 aliphatic rings. The summed E-state index contributed by atoms with van der Waals surface area (Å²) >= 11 is 5.05. The summed E-state index contributed by atoms with van der Waals surface area (Å²) in [7, 11) is 0. The monoisotopic (exact) mass is 302 g/mol. The Hall–Kier alpha value is -1.76. The number of H-pyrrole nitrogens is 1. The van der Waals surface area contributed by atoms with Gasteiger partial charge in [0.05, 0.1) is 12.3 Å². The first-order valence-electron chi connectivity index (χ1n) is 5.96. The van der Waals surface area contributed by atoms with Crippen molar-refractivity contribution in [2.24, 2.45) is 0 Å². The lowest BCUT2D eigenvalue weighted by atomic mass is 10.3. The molecule has 0 unspecified atom stereocenters. The largest absolute Gasteiger partial charge is 0.494 e. The maximum Gasteiger partial charge on any atom is 0.433 e. The molecular weight excluding hydrogens is 289 g/mol. The van der Waals surface area contributed by atoms with Gasteiger partial charge in [0.15, 0.2) is 0 Å². The van der Waals surface area contributed by atoms with Crippen molar-refractivity contribution in [2.75, 3.05) is 6.61 Å². The second kappa shape index (κ2) is 5.32. The molecule has 0 bridgehead atoms. The van der Waals surface area contributed by atoms with E-state index in [-0.39, 0.29) is 10.2 Å². The average Bonchev–Trinajstić information content (AvgIpc) is 2.68. The number of halogens is 3. The van der Waals surface area contributed by atoms with Gasteiger partial charge in [0.1, 0.15) is 16.1 Å². The summed E-state index contributed by atoms with van der Waals surface area (Å²) in [6.07, 6.45) is -4.45. The van der Waals surface area contributed by atoms with Crippen LogP contribution >= 0.6 is 12.2 Å². The molecule has 20 heavy (non-hydrogen) atoms. The first kappa shape index (κ1) is 14.6. The lowest BCUT2D eigenvalue weighted by Crippen LogP contribution is -2.08. The van der Waals surface area contributed by atoms with Gasteiger partial charge in [0.2, 0.25) is 0 Å². The van der Waals surface area contributed by atoms with E-state index in [0.717, 1.165) is 0 Å². The summed E-state index contributed by atoms with van der Waals surface area (Å²) in [5.74, 6) is 0.655. The summed E-state index contributed by atoms with van der Waals surface area (Å²) in [6.45, 7) is 3.74. The topological polar surface area (TPSA) is 29.9 Å². The number of alkyl halides is 3. The number of ether oxygens (including phenoxy) is 1. The Kier molecular flexibility index (Phi) is 3.89. The highest BCUT2D eigenvalue weighted by Crippen LogP contribution is 2.31. The third-order valence-electron chi connectivity index (χ3n) is 2.81. The van der Waals surface area contributed by atoms with Crippen LogP contribution in [0, 0.1) is 11.6 Å². The van der Waals surface area contributed by atoms with Crippen LogP contribution in [-0.2, 0) is 6.18 Å². The summed E-state index contributed by atoms with van der Waals surface area (Å²) in [5, 5.41) is 2.30. The van der Waals surface area contributed by atoms with Crippen LogP contribution in [0.1, 0.15) is 18.2 Å². The van der Waals surface area contributed by atoms with E-state index in [9.17, 15) is 13.2 Å². The quantitative estimate of drug-likeness (QED) is 0.859. The van der Waals surface area contributed by atoms with E-state index >= 15 is 0 Å². The summed E-state index contributed by atoms with van der Waals surface area (Å²) in [5.41, 5.74) is -0.283. The maximum atomic E-state index is 12.8. The number of aromatic nitrogens is 2. The fourth-order valence-corrected chi connectivity index (χ4v) is 2.09. The van der Waals surface area contributed by atoms with Crippen LogP contribution in [-0.4, -0.2) is 16.4 Å². The normalized spacial score (nSPS) is 11.7.